The summed E-state index contributed by atoms with van der Waals surface area (Å²) < 4.78 is 1.08. The van der Waals surface area contributed by atoms with E-state index in [-0.39, 0.29) is 6.61 Å². The number of aliphatic hydroxyl groups is 1. The summed E-state index contributed by atoms with van der Waals surface area (Å²) in [4.78, 5) is 2.45. The largest absolute Gasteiger partial charge is 0.398 e. The molecule has 1 aromatic carbocycles. The van der Waals surface area contributed by atoms with Crippen LogP contribution in [0.4, 0.5) is 5.69 Å². The molecular formula is C14H21BrN2O. The minimum Gasteiger partial charge on any atom is -0.398 e. The number of rotatable bonds is 6. The fourth-order valence-electron chi connectivity index (χ4n) is 2.36. The van der Waals surface area contributed by atoms with Crippen LogP contribution in [0.15, 0.2) is 22.7 Å². The maximum atomic E-state index is 9.00. The van der Waals surface area contributed by atoms with Gasteiger partial charge in [0.15, 0.2) is 0 Å². The predicted molar refractivity (Wildman–Crippen MR) is 78.3 cm³/mol. The van der Waals surface area contributed by atoms with Gasteiger partial charge in [0.05, 0.1) is 0 Å². The summed E-state index contributed by atoms with van der Waals surface area (Å²) in [5.74, 6) is 0. The number of nitrogens with zero attached hydrogens (tertiary/aromatic N) is 1. The van der Waals surface area contributed by atoms with Crippen molar-refractivity contribution in [3.63, 3.8) is 0 Å². The van der Waals surface area contributed by atoms with E-state index in [0.29, 0.717) is 6.04 Å². The van der Waals surface area contributed by atoms with Crippen LogP contribution in [-0.4, -0.2) is 29.2 Å². The van der Waals surface area contributed by atoms with Crippen molar-refractivity contribution in [2.24, 2.45) is 0 Å². The Morgan fingerprint density at radius 2 is 2.17 bits per heavy atom. The Morgan fingerprint density at radius 1 is 1.39 bits per heavy atom. The van der Waals surface area contributed by atoms with E-state index in [9.17, 15) is 0 Å². The number of aliphatic hydroxyl groups excluding tert-OH is 1. The minimum atomic E-state index is 0.259. The maximum absolute atomic E-state index is 9.00. The zero-order valence-electron chi connectivity index (χ0n) is 10.6. The van der Waals surface area contributed by atoms with Crippen LogP contribution < -0.4 is 5.73 Å². The van der Waals surface area contributed by atoms with Crippen molar-refractivity contribution in [3.05, 3.63) is 28.2 Å². The Bertz CT molecular complexity index is 373. The first-order valence-corrected chi connectivity index (χ1v) is 7.39. The van der Waals surface area contributed by atoms with E-state index in [2.05, 4.69) is 20.8 Å². The Balaban J connectivity index is 2.07. The molecule has 18 heavy (non-hydrogen) atoms. The third-order valence-corrected chi connectivity index (χ3v) is 4.45. The first kappa shape index (κ1) is 13.8. The number of hydrogen-bond acceptors (Lipinski definition) is 3. The molecule has 1 aliphatic rings. The normalized spacial score (nSPS) is 15.9. The third kappa shape index (κ3) is 3.25. The van der Waals surface area contributed by atoms with Gasteiger partial charge in [0.25, 0.3) is 0 Å². The van der Waals surface area contributed by atoms with Crippen molar-refractivity contribution >= 4 is 21.6 Å². The van der Waals surface area contributed by atoms with Gasteiger partial charge < -0.3 is 10.8 Å². The van der Waals surface area contributed by atoms with Crippen LogP contribution >= 0.6 is 15.9 Å². The molecule has 0 bridgehead atoms. The molecule has 1 saturated carbocycles. The summed E-state index contributed by atoms with van der Waals surface area (Å²) in [7, 11) is 0. The molecule has 1 aromatic rings. The zero-order valence-corrected chi connectivity index (χ0v) is 12.2. The van der Waals surface area contributed by atoms with Gasteiger partial charge in [-0.25, -0.2) is 0 Å². The van der Waals surface area contributed by atoms with E-state index in [4.69, 9.17) is 10.8 Å². The highest BCUT2D eigenvalue weighted by molar-refractivity contribution is 9.10. The predicted octanol–water partition coefficient (Wildman–Crippen LogP) is 2.77. The van der Waals surface area contributed by atoms with Gasteiger partial charge in [0, 0.05) is 41.5 Å². The molecule has 0 atom stereocenters. The molecule has 3 nitrogen and oxygen atoms in total. The molecular weight excluding hydrogens is 292 g/mol. The average Bonchev–Trinajstić information content (AvgIpc) is 2.28. The molecule has 3 N–H and O–H groups in total. The molecule has 1 aliphatic carbocycles. The number of hydrogen-bond donors (Lipinski definition) is 2. The van der Waals surface area contributed by atoms with Gasteiger partial charge >= 0.3 is 0 Å². The highest BCUT2D eigenvalue weighted by atomic mass is 79.9. The SMILES string of the molecule is Nc1cccc(Br)c1CN(CCCO)C1CCC1. The molecule has 0 spiro atoms. The number of halogens is 1. The quantitative estimate of drug-likeness (QED) is 0.794. The lowest BCUT2D eigenvalue weighted by Crippen LogP contribution is -2.40. The second kappa shape index (κ2) is 6.55. The van der Waals surface area contributed by atoms with Gasteiger partial charge in [-0.2, -0.15) is 0 Å². The van der Waals surface area contributed by atoms with Crippen molar-refractivity contribution < 1.29 is 5.11 Å². The molecule has 0 heterocycles. The van der Waals surface area contributed by atoms with Crippen LogP contribution in [0, 0.1) is 0 Å². The average molecular weight is 313 g/mol. The van der Waals surface area contributed by atoms with Crippen LogP contribution in [0.5, 0.6) is 0 Å². The molecule has 0 amide bonds. The van der Waals surface area contributed by atoms with Crippen LogP contribution in [0.3, 0.4) is 0 Å². The molecule has 0 aliphatic heterocycles. The summed E-state index contributed by atoms with van der Waals surface area (Å²) in [5, 5.41) is 9.00. The van der Waals surface area contributed by atoms with E-state index in [1.165, 1.54) is 24.8 Å². The monoisotopic (exact) mass is 312 g/mol. The van der Waals surface area contributed by atoms with E-state index in [1.807, 2.05) is 18.2 Å². The van der Waals surface area contributed by atoms with Crippen molar-refractivity contribution in [1.82, 2.24) is 4.90 Å². The molecule has 4 heteroatoms. The smallest absolute Gasteiger partial charge is 0.0443 e. The van der Waals surface area contributed by atoms with Crippen molar-refractivity contribution in [3.8, 4) is 0 Å². The van der Waals surface area contributed by atoms with Crippen LogP contribution in [-0.2, 0) is 6.54 Å². The molecule has 1 fully saturated rings. The third-order valence-electron chi connectivity index (χ3n) is 3.71. The van der Waals surface area contributed by atoms with Crippen LogP contribution in [0.1, 0.15) is 31.2 Å². The van der Waals surface area contributed by atoms with Crippen molar-refractivity contribution in [2.45, 2.75) is 38.3 Å². The van der Waals surface area contributed by atoms with Gasteiger partial charge in [-0.05, 0) is 31.4 Å². The first-order valence-electron chi connectivity index (χ1n) is 6.60. The Hall–Kier alpha value is -0.580. The Labute approximate surface area is 117 Å². The van der Waals surface area contributed by atoms with Crippen molar-refractivity contribution in [2.75, 3.05) is 18.9 Å². The van der Waals surface area contributed by atoms with Gasteiger partial charge in [-0.15, -0.1) is 0 Å². The zero-order chi connectivity index (χ0) is 13.0. The van der Waals surface area contributed by atoms with Crippen LogP contribution in [0.2, 0.25) is 0 Å². The highest BCUT2D eigenvalue weighted by Gasteiger charge is 2.25. The molecule has 0 unspecified atom stereocenters. The molecule has 0 saturated heterocycles. The van der Waals surface area contributed by atoms with Gasteiger partial charge in [-0.1, -0.05) is 28.4 Å². The second-order valence-corrected chi connectivity index (χ2v) is 5.79. The summed E-state index contributed by atoms with van der Waals surface area (Å²) in [6.07, 6.45) is 4.71. The van der Waals surface area contributed by atoms with Gasteiger partial charge in [0.2, 0.25) is 0 Å². The summed E-state index contributed by atoms with van der Waals surface area (Å²) in [5.41, 5.74) is 8.07. The summed E-state index contributed by atoms with van der Waals surface area (Å²) in [6, 6.07) is 6.62. The van der Waals surface area contributed by atoms with Crippen LogP contribution in [0.25, 0.3) is 0 Å². The maximum Gasteiger partial charge on any atom is 0.0443 e. The summed E-state index contributed by atoms with van der Waals surface area (Å²) in [6.45, 7) is 2.08. The lowest BCUT2D eigenvalue weighted by molar-refractivity contribution is 0.109. The Morgan fingerprint density at radius 3 is 2.72 bits per heavy atom. The number of nitrogen functional groups attached to an aromatic ring is 1. The minimum absolute atomic E-state index is 0.259. The molecule has 100 valence electrons. The highest BCUT2D eigenvalue weighted by Crippen LogP contribution is 2.30. The first-order chi connectivity index (χ1) is 8.72. The second-order valence-electron chi connectivity index (χ2n) is 4.94. The topological polar surface area (TPSA) is 49.5 Å². The number of anilines is 1. The lowest BCUT2D eigenvalue weighted by atomic mass is 9.91. The standard InChI is InChI=1S/C14H21BrN2O/c15-13-6-2-7-14(16)12(13)10-17(8-3-9-18)11-4-1-5-11/h2,6-7,11,18H,1,3-5,8-10,16H2. The molecule has 2 rings (SSSR count). The fourth-order valence-corrected chi connectivity index (χ4v) is 2.87. The van der Waals surface area contributed by atoms with Gasteiger partial charge in [0.1, 0.15) is 0 Å². The fraction of sp³-hybridized carbons (Fsp3) is 0.571. The van der Waals surface area contributed by atoms with E-state index >= 15 is 0 Å². The van der Waals surface area contributed by atoms with E-state index in [1.54, 1.807) is 0 Å². The van der Waals surface area contributed by atoms with Crippen molar-refractivity contribution in [1.29, 1.82) is 0 Å². The summed E-state index contributed by atoms with van der Waals surface area (Å²) >= 11 is 3.58. The van der Waals surface area contributed by atoms with E-state index in [0.717, 1.165) is 29.7 Å². The Kier molecular flexibility index (Phi) is 5.03. The van der Waals surface area contributed by atoms with Gasteiger partial charge in [-0.3, -0.25) is 4.90 Å². The number of benzene rings is 1. The number of nitrogens with two attached hydrogens (primary N) is 1. The molecule has 0 radical (unpaired) electrons. The molecule has 0 aromatic heterocycles. The lowest BCUT2D eigenvalue weighted by Gasteiger charge is -2.38. The van der Waals surface area contributed by atoms with E-state index < -0.39 is 0 Å².